The maximum absolute atomic E-state index is 13.0. The highest BCUT2D eigenvalue weighted by atomic mass is 32.1. The Hall–Kier alpha value is -3.08. The summed E-state index contributed by atoms with van der Waals surface area (Å²) in [7, 11) is 0. The number of nitrogens with zero attached hydrogens (tertiary/aromatic N) is 6. The summed E-state index contributed by atoms with van der Waals surface area (Å²) in [5.41, 5.74) is 3.45. The molecule has 0 radical (unpaired) electrons. The topological polar surface area (TPSA) is 125 Å². The summed E-state index contributed by atoms with van der Waals surface area (Å²) in [4.78, 5) is 28.9. The third-order valence-electron chi connectivity index (χ3n) is 7.21. The van der Waals surface area contributed by atoms with Crippen LogP contribution in [0.25, 0.3) is 0 Å². The van der Waals surface area contributed by atoms with Gasteiger partial charge in [0.05, 0.1) is 5.69 Å². The number of rotatable bonds is 6. The lowest BCUT2D eigenvalue weighted by atomic mass is 9.87. The van der Waals surface area contributed by atoms with Crippen LogP contribution in [0.5, 0.6) is 0 Å². The molecule has 0 spiro atoms. The number of H-pyrrole nitrogens is 1. The molecule has 3 aromatic heterocycles. The van der Waals surface area contributed by atoms with Crippen LogP contribution in [0.4, 0.5) is 22.7 Å². The summed E-state index contributed by atoms with van der Waals surface area (Å²) >= 11 is 1.18. The molecule has 3 N–H and O–H groups in total. The number of carbonyl (C=O) groups excluding carboxylic acids is 1. The fourth-order valence-electron chi connectivity index (χ4n) is 5.49. The van der Waals surface area contributed by atoms with Gasteiger partial charge in [-0.2, -0.15) is 14.5 Å². The quantitative estimate of drug-likeness (QED) is 0.486. The summed E-state index contributed by atoms with van der Waals surface area (Å²) in [6.07, 6.45) is 12.5. The van der Waals surface area contributed by atoms with Crippen molar-refractivity contribution in [1.29, 1.82) is 0 Å². The Bertz CT molecular complexity index is 1160. The van der Waals surface area contributed by atoms with Gasteiger partial charge in [-0.25, -0.2) is 9.97 Å². The molecule has 178 valence electrons. The fraction of sp³-hybridized carbons (Fsp3) is 0.565. The van der Waals surface area contributed by atoms with Gasteiger partial charge in [-0.3, -0.25) is 15.2 Å². The molecule has 11 heteroatoms. The molecule has 1 aliphatic heterocycles. The van der Waals surface area contributed by atoms with Crippen LogP contribution < -0.4 is 15.5 Å². The van der Waals surface area contributed by atoms with Crippen LogP contribution in [0.3, 0.4) is 0 Å². The number of carbonyl (C=O) groups is 1. The lowest BCUT2D eigenvalue weighted by Crippen LogP contribution is -2.40. The molecule has 0 aromatic carbocycles. The van der Waals surface area contributed by atoms with E-state index in [-0.39, 0.29) is 11.9 Å². The standard InChI is InChI=1S/C23H29N9OS/c33-21(29-23-24-13-25-34-23)18-10-5-11-32(18)22-26-16-9-4-8-15(16)20(28-22)27-19-12-17(30-31-19)14-6-2-1-3-7-14/h12-14,18H,1-11H2,(H,24,25,29,33)(H2,26,27,28,30,31). The van der Waals surface area contributed by atoms with Gasteiger partial charge in [0, 0.05) is 41.3 Å². The number of amides is 1. The second-order valence-corrected chi connectivity index (χ2v) is 10.2. The van der Waals surface area contributed by atoms with Crippen LogP contribution >= 0.6 is 11.5 Å². The first-order valence-electron chi connectivity index (χ1n) is 12.3. The second kappa shape index (κ2) is 9.28. The van der Waals surface area contributed by atoms with Gasteiger partial charge in [0.1, 0.15) is 18.2 Å². The van der Waals surface area contributed by atoms with Crippen molar-refractivity contribution < 1.29 is 4.79 Å². The SMILES string of the molecule is O=C(Nc1ncns1)C1CCCN1c1nc2c(c(Nc3cc(C4CCCCC4)[nH]n3)n1)CCC2. The number of aromatic nitrogens is 6. The number of nitrogens with one attached hydrogen (secondary N) is 3. The molecule has 2 fully saturated rings. The number of hydrogen-bond donors (Lipinski definition) is 3. The predicted octanol–water partition coefficient (Wildman–Crippen LogP) is 3.94. The van der Waals surface area contributed by atoms with E-state index in [1.54, 1.807) is 0 Å². The van der Waals surface area contributed by atoms with Crippen molar-refractivity contribution in [2.75, 3.05) is 22.1 Å². The highest BCUT2D eigenvalue weighted by Crippen LogP contribution is 2.35. The van der Waals surface area contributed by atoms with E-state index in [0.29, 0.717) is 17.0 Å². The Kier molecular flexibility index (Phi) is 5.86. The van der Waals surface area contributed by atoms with E-state index in [1.165, 1.54) is 61.2 Å². The number of aryl methyl sites for hydroxylation is 1. The minimum atomic E-state index is -0.320. The van der Waals surface area contributed by atoms with Crippen LogP contribution in [0.15, 0.2) is 12.4 Å². The molecule has 1 saturated heterocycles. The summed E-state index contributed by atoms with van der Waals surface area (Å²) in [6, 6.07) is 1.81. The number of fused-ring (bicyclic) bond motifs is 1. The normalized spacial score (nSPS) is 20.5. The zero-order valence-corrected chi connectivity index (χ0v) is 19.9. The van der Waals surface area contributed by atoms with Gasteiger partial charge in [-0.05, 0) is 44.9 Å². The zero-order valence-electron chi connectivity index (χ0n) is 19.1. The van der Waals surface area contributed by atoms with Crippen molar-refractivity contribution in [3.05, 3.63) is 29.3 Å². The van der Waals surface area contributed by atoms with Crippen LogP contribution in [-0.4, -0.2) is 48.0 Å². The molecule has 1 atom stereocenters. The van der Waals surface area contributed by atoms with Gasteiger partial charge >= 0.3 is 0 Å². The predicted molar refractivity (Wildman–Crippen MR) is 131 cm³/mol. The molecule has 4 heterocycles. The Labute approximate surface area is 202 Å². The lowest BCUT2D eigenvalue weighted by molar-refractivity contribution is -0.117. The van der Waals surface area contributed by atoms with Crippen molar-refractivity contribution in [3.63, 3.8) is 0 Å². The first-order chi connectivity index (χ1) is 16.7. The van der Waals surface area contributed by atoms with Gasteiger partial charge in [0.2, 0.25) is 17.0 Å². The molecular weight excluding hydrogens is 450 g/mol. The van der Waals surface area contributed by atoms with Gasteiger partial charge in [-0.1, -0.05) is 19.3 Å². The smallest absolute Gasteiger partial charge is 0.249 e. The summed E-state index contributed by atoms with van der Waals surface area (Å²) in [5, 5.41) is 14.7. The minimum absolute atomic E-state index is 0.0858. The first kappa shape index (κ1) is 21.5. The molecule has 10 nitrogen and oxygen atoms in total. The molecule has 2 aliphatic carbocycles. The molecule has 3 aromatic rings. The maximum Gasteiger partial charge on any atom is 0.249 e. The van der Waals surface area contributed by atoms with Crippen LogP contribution in [-0.2, 0) is 17.6 Å². The van der Waals surface area contributed by atoms with Crippen molar-refractivity contribution in [1.82, 2.24) is 29.5 Å². The van der Waals surface area contributed by atoms with Gasteiger partial charge < -0.3 is 10.2 Å². The van der Waals surface area contributed by atoms with E-state index in [2.05, 4.69) is 36.3 Å². The molecule has 0 bridgehead atoms. The van der Waals surface area contributed by atoms with Crippen molar-refractivity contribution in [2.45, 2.75) is 76.2 Å². The summed E-state index contributed by atoms with van der Waals surface area (Å²) < 4.78 is 3.96. The van der Waals surface area contributed by atoms with Crippen molar-refractivity contribution in [2.24, 2.45) is 0 Å². The van der Waals surface area contributed by atoms with E-state index in [4.69, 9.17) is 9.97 Å². The number of hydrogen-bond acceptors (Lipinski definition) is 9. The summed E-state index contributed by atoms with van der Waals surface area (Å²) in [6.45, 7) is 0.751. The van der Waals surface area contributed by atoms with Crippen LogP contribution in [0.1, 0.15) is 74.2 Å². The van der Waals surface area contributed by atoms with E-state index >= 15 is 0 Å². The lowest BCUT2D eigenvalue weighted by Gasteiger charge is -2.24. The van der Waals surface area contributed by atoms with Gasteiger partial charge in [0.15, 0.2) is 5.82 Å². The molecule has 3 aliphatic rings. The van der Waals surface area contributed by atoms with Crippen molar-refractivity contribution >= 4 is 40.2 Å². The highest BCUT2D eigenvalue weighted by Gasteiger charge is 2.34. The minimum Gasteiger partial charge on any atom is -0.329 e. The highest BCUT2D eigenvalue weighted by molar-refractivity contribution is 7.09. The van der Waals surface area contributed by atoms with Crippen LogP contribution in [0, 0.1) is 0 Å². The Morgan fingerprint density at radius 3 is 2.85 bits per heavy atom. The van der Waals surface area contributed by atoms with Gasteiger partial charge in [-0.15, -0.1) is 0 Å². The van der Waals surface area contributed by atoms with E-state index in [1.807, 2.05) is 4.90 Å². The average Bonchev–Trinajstić information content (AvgIpc) is 3.67. The molecule has 1 unspecified atom stereocenters. The van der Waals surface area contributed by atoms with E-state index in [0.717, 1.165) is 56.0 Å². The first-order valence-corrected chi connectivity index (χ1v) is 13.1. The second-order valence-electron chi connectivity index (χ2n) is 9.41. The van der Waals surface area contributed by atoms with E-state index in [9.17, 15) is 4.79 Å². The van der Waals surface area contributed by atoms with E-state index < -0.39 is 0 Å². The number of aromatic amines is 1. The molecule has 34 heavy (non-hydrogen) atoms. The third kappa shape index (κ3) is 4.24. The Morgan fingerprint density at radius 2 is 2.00 bits per heavy atom. The zero-order chi connectivity index (χ0) is 22.9. The third-order valence-corrected chi connectivity index (χ3v) is 7.79. The average molecular weight is 480 g/mol. The van der Waals surface area contributed by atoms with Crippen molar-refractivity contribution in [3.8, 4) is 0 Å². The van der Waals surface area contributed by atoms with Gasteiger partial charge in [0.25, 0.3) is 0 Å². The Balaban J connectivity index is 1.24. The Morgan fingerprint density at radius 1 is 1.09 bits per heavy atom. The molecule has 1 saturated carbocycles. The fourth-order valence-corrected chi connectivity index (χ4v) is 5.93. The van der Waals surface area contributed by atoms with Crippen LogP contribution in [0.2, 0.25) is 0 Å². The molecule has 1 amide bonds. The molecule has 6 rings (SSSR count). The summed E-state index contributed by atoms with van der Waals surface area (Å²) in [5.74, 6) is 2.71. The largest absolute Gasteiger partial charge is 0.329 e. The number of anilines is 4. The maximum atomic E-state index is 13.0. The molecular formula is C23H29N9OS. The monoisotopic (exact) mass is 479 g/mol.